The normalized spacial score (nSPS) is 11.2. The molecule has 2 aromatic heterocycles. The van der Waals surface area contributed by atoms with Crippen molar-refractivity contribution in [1.29, 1.82) is 0 Å². The summed E-state index contributed by atoms with van der Waals surface area (Å²) in [4.78, 5) is 7.58. The molecule has 0 unspecified atom stereocenters. The van der Waals surface area contributed by atoms with Crippen molar-refractivity contribution in [3.63, 3.8) is 0 Å². The lowest BCUT2D eigenvalue weighted by Gasteiger charge is -1.94. The van der Waals surface area contributed by atoms with Crippen molar-refractivity contribution in [2.24, 2.45) is 0 Å². The Labute approximate surface area is 110 Å². The summed E-state index contributed by atoms with van der Waals surface area (Å²) in [6, 6.07) is 5.29. The summed E-state index contributed by atoms with van der Waals surface area (Å²) in [6.45, 7) is 0. The highest BCUT2D eigenvalue weighted by atomic mass is 79.9. The Hall–Kier alpha value is -1.46. The minimum atomic E-state index is 0.551. The van der Waals surface area contributed by atoms with Crippen LogP contribution in [0, 0.1) is 0 Å². The molecule has 0 radical (unpaired) electrons. The summed E-state index contributed by atoms with van der Waals surface area (Å²) in [5.74, 6) is 0.689. The van der Waals surface area contributed by atoms with Crippen molar-refractivity contribution in [3.05, 3.63) is 34.2 Å². The number of benzene rings is 1. The van der Waals surface area contributed by atoms with Crippen molar-refractivity contribution in [2.45, 2.75) is 0 Å². The Morgan fingerprint density at radius 3 is 2.94 bits per heavy atom. The average Bonchev–Trinajstić information content (AvgIpc) is 2.83. The van der Waals surface area contributed by atoms with Crippen LogP contribution in [0.25, 0.3) is 22.4 Å². The number of H-pyrrole nitrogens is 1. The molecule has 3 N–H and O–H groups in total. The SMILES string of the molecule is Nc1cc(Cl)cc2[nH]c(-c3ccoc3Br)nc12. The van der Waals surface area contributed by atoms with Gasteiger partial charge in [0.2, 0.25) is 0 Å². The number of furan rings is 1. The molecule has 6 heteroatoms. The molecule has 0 aliphatic carbocycles. The minimum Gasteiger partial charge on any atom is -0.457 e. The number of nitrogens with two attached hydrogens (primary N) is 1. The second-order valence-corrected chi connectivity index (χ2v) is 4.74. The van der Waals surface area contributed by atoms with E-state index < -0.39 is 0 Å². The highest BCUT2D eigenvalue weighted by Crippen LogP contribution is 2.31. The summed E-state index contributed by atoms with van der Waals surface area (Å²) in [6.07, 6.45) is 1.59. The molecule has 2 heterocycles. The molecule has 0 saturated heterocycles. The third-order valence-electron chi connectivity index (χ3n) is 2.45. The van der Waals surface area contributed by atoms with E-state index in [0.29, 0.717) is 26.7 Å². The maximum atomic E-state index is 5.93. The van der Waals surface area contributed by atoms with Gasteiger partial charge < -0.3 is 15.1 Å². The lowest BCUT2D eigenvalue weighted by Crippen LogP contribution is -1.86. The number of anilines is 1. The van der Waals surface area contributed by atoms with Crippen LogP contribution in [0.5, 0.6) is 0 Å². The molecule has 3 aromatic rings. The van der Waals surface area contributed by atoms with Gasteiger partial charge in [0.1, 0.15) is 11.3 Å². The zero-order chi connectivity index (χ0) is 12.0. The molecule has 0 aliphatic heterocycles. The highest BCUT2D eigenvalue weighted by molar-refractivity contribution is 9.10. The van der Waals surface area contributed by atoms with Crippen molar-refractivity contribution < 1.29 is 4.42 Å². The van der Waals surface area contributed by atoms with Crippen LogP contribution in [0.4, 0.5) is 5.69 Å². The average molecular weight is 313 g/mol. The van der Waals surface area contributed by atoms with E-state index in [4.69, 9.17) is 21.8 Å². The van der Waals surface area contributed by atoms with Gasteiger partial charge in [-0.25, -0.2) is 4.98 Å². The van der Waals surface area contributed by atoms with E-state index in [1.807, 2.05) is 6.07 Å². The number of rotatable bonds is 1. The standard InChI is InChI=1S/C11H7BrClN3O/c12-10-6(1-2-17-10)11-15-8-4-5(13)3-7(14)9(8)16-11/h1-4H,14H2,(H,15,16). The van der Waals surface area contributed by atoms with Crippen molar-refractivity contribution >= 4 is 44.3 Å². The predicted octanol–water partition coefficient (Wildman–Crippen LogP) is 3.82. The lowest BCUT2D eigenvalue weighted by molar-refractivity contribution is 0.542. The van der Waals surface area contributed by atoms with Crippen LogP contribution in [-0.4, -0.2) is 9.97 Å². The van der Waals surface area contributed by atoms with Gasteiger partial charge in [0.15, 0.2) is 4.67 Å². The number of nitrogen functional groups attached to an aromatic ring is 1. The van der Waals surface area contributed by atoms with Crippen LogP contribution >= 0.6 is 27.5 Å². The molecule has 3 rings (SSSR count). The zero-order valence-corrected chi connectivity index (χ0v) is 10.8. The number of nitrogens with one attached hydrogen (secondary N) is 1. The first-order valence-electron chi connectivity index (χ1n) is 4.83. The summed E-state index contributed by atoms with van der Waals surface area (Å²) in [7, 11) is 0. The number of hydrogen-bond donors (Lipinski definition) is 2. The van der Waals surface area contributed by atoms with Crippen LogP contribution in [0.15, 0.2) is 33.5 Å². The third kappa shape index (κ3) is 1.71. The topological polar surface area (TPSA) is 67.8 Å². The van der Waals surface area contributed by atoms with E-state index in [2.05, 4.69) is 25.9 Å². The van der Waals surface area contributed by atoms with E-state index >= 15 is 0 Å². The van der Waals surface area contributed by atoms with Gasteiger partial charge in [-0.05, 0) is 34.1 Å². The quantitative estimate of drug-likeness (QED) is 0.671. The molecule has 86 valence electrons. The Kier molecular flexibility index (Phi) is 2.38. The van der Waals surface area contributed by atoms with Gasteiger partial charge in [-0.1, -0.05) is 11.6 Å². The lowest BCUT2D eigenvalue weighted by atomic mass is 10.3. The van der Waals surface area contributed by atoms with Gasteiger partial charge in [0.25, 0.3) is 0 Å². The van der Waals surface area contributed by atoms with Crippen LogP contribution in [0.3, 0.4) is 0 Å². The maximum Gasteiger partial charge on any atom is 0.179 e. The first-order chi connectivity index (χ1) is 8.15. The molecule has 4 nitrogen and oxygen atoms in total. The first kappa shape index (κ1) is 10.7. The van der Waals surface area contributed by atoms with Gasteiger partial charge in [-0.3, -0.25) is 0 Å². The second-order valence-electron chi connectivity index (χ2n) is 3.58. The van der Waals surface area contributed by atoms with Crippen molar-refractivity contribution in [1.82, 2.24) is 9.97 Å². The summed E-state index contributed by atoms with van der Waals surface area (Å²) < 4.78 is 5.79. The smallest absolute Gasteiger partial charge is 0.179 e. The highest BCUT2D eigenvalue weighted by Gasteiger charge is 2.12. The molecule has 17 heavy (non-hydrogen) atoms. The molecule has 0 saturated carbocycles. The monoisotopic (exact) mass is 311 g/mol. The number of hydrogen-bond acceptors (Lipinski definition) is 3. The van der Waals surface area contributed by atoms with Crippen LogP contribution in [0.1, 0.15) is 0 Å². The van der Waals surface area contributed by atoms with Crippen LogP contribution in [0.2, 0.25) is 5.02 Å². The predicted molar refractivity (Wildman–Crippen MR) is 70.9 cm³/mol. The van der Waals surface area contributed by atoms with Gasteiger partial charge in [0, 0.05) is 5.02 Å². The number of fused-ring (bicyclic) bond motifs is 1. The Morgan fingerprint density at radius 2 is 2.24 bits per heavy atom. The van der Waals surface area contributed by atoms with Crippen molar-refractivity contribution in [3.8, 4) is 11.4 Å². The fourth-order valence-corrected chi connectivity index (χ4v) is 2.35. The fourth-order valence-electron chi connectivity index (χ4n) is 1.70. The van der Waals surface area contributed by atoms with E-state index in [9.17, 15) is 0 Å². The summed E-state index contributed by atoms with van der Waals surface area (Å²) in [5, 5.41) is 0.580. The molecule has 0 bridgehead atoms. The molecule has 0 fully saturated rings. The van der Waals surface area contributed by atoms with Gasteiger partial charge >= 0.3 is 0 Å². The van der Waals surface area contributed by atoms with Crippen LogP contribution in [-0.2, 0) is 0 Å². The Bertz CT molecular complexity index is 704. The Balaban J connectivity index is 2.27. The molecule has 0 atom stereocenters. The largest absolute Gasteiger partial charge is 0.457 e. The van der Waals surface area contributed by atoms with E-state index in [1.54, 1.807) is 18.4 Å². The first-order valence-corrected chi connectivity index (χ1v) is 6.00. The van der Waals surface area contributed by atoms with Gasteiger partial charge in [0.05, 0.1) is 23.0 Å². The van der Waals surface area contributed by atoms with E-state index in [1.165, 1.54) is 0 Å². The van der Waals surface area contributed by atoms with Gasteiger partial charge in [-0.15, -0.1) is 0 Å². The third-order valence-corrected chi connectivity index (χ3v) is 3.29. The van der Waals surface area contributed by atoms with Crippen LogP contribution < -0.4 is 5.73 Å². The zero-order valence-electron chi connectivity index (χ0n) is 8.50. The number of imidazole rings is 1. The van der Waals surface area contributed by atoms with Gasteiger partial charge in [-0.2, -0.15) is 0 Å². The molecule has 0 aliphatic rings. The van der Waals surface area contributed by atoms with E-state index in [-0.39, 0.29) is 0 Å². The molecule has 0 amide bonds. The maximum absolute atomic E-state index is 5.93. The molecule has 1 aromatic carbocycles. The fraction of sp³-hybridized carbons (Fsp3) is 0. The summed E-state index contributed by atoms with van der Waals surface area (Å²) in [5.41, 5.74) is 8.76. The number of aromatic amines is 1. The van der Waals surface area contributed by atoms with Crippen molar-refractivity contribution in [2.75, 3.05) is 5.73 Å². The summed E-state index contributed by atoms with van der Waals surface area (Å²) >= 11 is 9.24. The molecule has 0 spiro atoms. The number of halogens is 2. The minimum absolute atomic E-state index is 0.551. The molecular formula is C11H7BrClN3O. The number of nitrogens with zero attached hydrogens (tertiary/aromatic N) is 1. The number of aromatic nitrogens is 2. The second kappa shape index (κ2) is 3.78. The Morgan fingerprint density at radius 1 is 1.41 bits per heavy atom. The molecular weight excluding hydrogens is 305 g/mol. The van der Waals surface area contributed by atoms with E-state index in [0.717, 1.165) is 11.1 Å².